The summed E-state index contributed by atoms with van der Waals surface area (Å²) in [4.78, 5) is 21.8. The van der Waals surface area contributed by atoms with Crippen LogP contribution in [-0.4, -0.2) is 74.1 Å². The minimum absolute atomic E-state index is 0. The second-order valence-electron chi connectivity index (χ2n) is 8.49. The fourth-order valence-electron chi connectivity index (χ4n) is 4.34. The van der Waals surface area contributed by atoms with Crippen molar-refractivity contribution in [3.05, 3.63) is 35.4 Å². The molecule has 8 heteroatoms. The molecule has 0 saturated carbocycles. The van der Waals surface area contributed by atoms with Gasteiger partial charge in [-0.15, -0.1) is 24.0 Å². The molecule has 0 unspecified atom stereocenters. The van der Waals surface area contributed by atoms with Gasteiger partial charge in [-0.1, -0.05) is 24.3 Å². The zero-order chi connectivity index (χ0) is 21.9. The van der Waals surface area contributed by atoms with Gasteiger partial charge in [-0.25, -0.2) is 0 Å². The highest BCUT2D eigenvalue weighted by molar-refractivity contribution is 14.0. The molecule has 3 rings (SSSR count). The molecule has 0 aliphatic carbocycles. The predicted molar refractivity (Wildman–Crippen MR) is 140 cm³/mol. The van der Waals surface area contributed by atoms with Crippen molar-refractivity contribution in [1.29, 1.82) is 0 Å². The second kappa shape index (κ2) is 14.7. The number of piperidine rings is 1. The van der Waals surface area contributed by atoms with Crippen molar-refractivity contribution in [3.63, 3.8) is 0 Å². The van der Waals surface area contributed by atoms with E-state index in [1.807, 2.05) is 17.0 Å². The van der Waals surface area contributed by atoms with Crippen LogP contribution in [0.4, 0.5) is 0 Å². The van der Waals surface area contributed by atoms with Crippen molar-refractivity contribution < 1.29 is 9.53 Å². The number of ether oxygens (including phenoxy) is 1. The van der Waals surface area contributed by atoms with Crippen LogP contribution in [0.25, 0.3) is 0 Å². The number of nitrogens with zero attached hydrogens (tertiary/aromatic N) is 3. The van der Waals surface area contributed by atoms with Gasteiger partial charge in [-0.2, -0.15) is 0 Å². The molecule has 2 N–H and O–H groups in total. The number of rotatable bonds is 10. The lowest BCUT2D eigenvalue weighted by Gasteiger charge is -2.33. The highest BCUT2D eigenvalue weighted by Crippen LogP contribution is 2.22. The Morgan fingerprint density at radius 1 is 1.16 bits per heavy atom. The number of hydrogen-bond donors (Lipinski definition) is 2. The number of amides is 1. The van der Waals surface area contributed by atoms with E-state index in [9.17, 15) is 4.79 Å². The molecule has 1 aromatic rings. The third-order valence-electron chi connectivity index (χ3n) is 6.11. The maximum atomic E-state index is 12.6. The molecule has 0 spiro atoms. The van der Waals surface area contributed by atoms with Crippen LogP contribution in [0.1, 0.15) is 50.2 Å². The summed E-state index contributed by atoms with van der Waals surface area (Å²) in [6, 6.07) is 8.78. The van der Waals surface area contributed by atoms with E-state index in [1.54, 1.807) is 7.11 Å². The van der Waals surface area contributed by atoms with Gasteiger partial charge in [0.25, 0.3) is 0 Å². The summed E-state index contributed by atoms with van der Waals surface area (Å²) in [5.41, 5.74) is 2.55. The number of carbonyl (C=O) groups excluding carboxylic acids is 1. The molecule has 180 valence electrons. The van der Waals surface area contributed by atoms with Gasteiger partial charge >= 0.3 is 0 Å². The molecule has 1 amide bonds. The number of benzene rings is 1. The molecule has 1 aromatic carbocycles. The van der Waals surface area contributed by atoms with Crippen molar-refractivity contribution in [3.8, 4) is 0 Å². The van der Waals surface area contributed by atoms with Crippen LogP contribution < -0.4 is 10.6 Å². The van der Waals surface area contributed by atoms with Gasteiger partial charge < -0.3 is 25.2 Å². The molecule has 2 aliphatic rings. The van der Waals surface area contributed by atoms with Gasteiger partial charge in [0.15, 0.2) is 5.96 Å². The lowest BCUT2D eigenvalue weighted by Crippen LogP contribution is -2.48. The van der Waals surface area contributed by atoms with Crippen molar-refractivity contribution in [1.82, 2.24) is 20.4 Å². The number of guanidine groups is 1. The minimum Gasteiger partial charge on any atom is -0.385 e. The SMILES string of the molecule is CCNC(=NCCCC(=O)N1Cc2ccccc2C1)NC1CCN(CCCOC)CC1.I. The van der Waals surface area contributed by atoms with Crippen molar-refractivity contribution >= 4 is 35.8 Å². The summed E-state index contributed by atoms with van der Waals surface area (Å²) < 4.78 is 5.15. The van der Waals surface area contributed by atoms with Crippen molar-refractivity contribution in [2.45, 2.75) is 58.2 Å². The number of halogens is 1. The normalized spacial score (nSPS) is 17.1. The quantitative estimate of drug-likeness (QED) is 0.201. The maximum absolute atomic E-state index is 12.6. The number of aliphatic imine (C=N–C) groups is 1. The average Bonchev–Trinajstić information content (AvgIpc) is 3.22. The molecular weight excluding hydrogens is 517 g/mol. The highest BCUT2D eigenvalue weighted by Gasteiger charge is 2.22. The number of nitrogens with one attached hydrogen (secondary N) is 2. The van der Waals surface area contributed by atoms with Crippen LogP contribution in [-0.2, 0) is 22.6 Å². The first-order valence-corrected chi connectivity index (χ1v) is 11.8. The molecule has 7 nitrogen and oxygen atoms in total. The molecule has 32 heavy (non-hydrogen) atoms. The van der Waals surface area contributed by atoms with Gasteiger partial charge in [0, 0.05) is 72.0 Å². The van der Waals surface area contributed by atoms with Crippen LogP contribution in [0.5, 0.6) is 0 Å². The first-order chi connectivity index (χ1) is 15.2. The smallest absolute Gasteiger partial charge is 0.223 e. The van der Waals surface area contributed by atoms with Crippen LogP contribution in [0.2, 0.25) is 0 Å². The third kappa shape index (κ3) is 8.51. The standard InChI is InChI=1S/C24H39N5O2.HI/c1-3-25-24(27-22-11-15-28(16-12-22)14-7-17-31-2)26-13-6-10-23(30)29-18-20-8-4-5-9-21(20)19-29;/h4-5,8-9,22H,3,6-7,10-19H2,1-2H3,(H2,25,26,27);1H. The zero-order valence-corrected chi connectivity index (χ0v) is 22.0. The Morgan fingerprint density at radius 2 is 1.84 bits per heavy atom. The van der Waals surface area contributed by atoms with E-state index in [4.69, 9.17) is 9.73 Å². The molecule has 0 aromatic heterocycles. The summed E-state index contributed by atoms with van der Waals surface area (Å²) >= 11 is 0. The Kier molecular flexibility index (Phi) is 12.3. The molecule has 2 heterocycles. The Balaban J connectivity index is 0.00000363. The van der Waals surface area contributed by atoms with E-state index in [2.05, 4.69) is 34.6 Å². The first kappa shape index (κ1) is 26.9. The number of methoxy groups -OCH3 is 1. The average molecular weight is 558 g/mol. The molecule has 1 fully saturated rings. The summed E-state index contributed by atoms with van der Waals surface area (Å²) in [7, 11) is 1.76. The largest absolute Gasteiger partial charge is 0.385 e. The number of carbonyl (C=O) groups is 1. The predicted octanol–water partition coefficient (Wildman–Crippen LogP) is 2.98. The first-order valence-electron chi connectivity index (χ1n) is 11.8. The van der Waals surface area contributed by atoms with E-state index in [0.717, 1.165) is 77.5 Å². The number of fused-ring (bicyclic) bond motifs is 1. The van der Waals surface area contributed by atoms with Gasteiger partial charge in [0.05, 0.1) is 0 Å². The van der Waals surface area contributed by atoms with Crippen molar-refractivity contribution in [2.24, 2.45) is 4.99 Å². The lowest BCUT2D eigenvalue weighted by atomic mass is 10.1. The maximum Gasteiger partial charge on any atom is 0.223 e. The Hall–Kier alpha value is -1.39. The minimum atomic E-state index is 0. The van der Waals surface area contributed by atoms with Gasteiger partial charge in [-0.3, -0.25) is 9.79 Å². The van der Waals surface area contributed by atoms with Gasteiger partial charge in [0.2, 0.25) is 5.91 Å². The lowest BCUT2D eigenvalue weighted by molar-refractivity contribution is -0.131. The van der Waals surface area contributed by atoms with Crippen molar-refractivity contribution in [2.75, 3.05) is 46.4 Å². The summed E-state index contributed by atoms with van der Waals surface area (Å²) in [5.74, 6) is 1.10. The summed E-state index contributed by atoms with van der Waals surface area (Å²) in [5, 5.41) is 6.94. The molecule has 1 saturated heterocycles. The number of likely N-dealkylation sites (tertiary alicyclic amines) is 1. The van der Waals surface area contributed by atoms with E-state index in [0.29, 0.717) is 19.0 Å². The molecule has 2 aliphatic heterocycles. The summed E-state index contributed by atoms with van der Waals surface area (Å²) in [6.45, 7) is 9.27. The molecular formula is C24H40IN5O2. The van der Waals surface area contributed by atoms with E-state index in [-0.39, 0.29) is 29.9 Å². The highest BCUT2D eigenvalue weighted by atomic mass is 127. The third-order valence-corrected chi connectivity index (χ3v) is 6.11. The van der Waals surface area contributed by atoms with E-state index >= 15 is 0 Å². The monoisotopic (exact) mass is 557 g/mol. The summed E-state index contributed by atoms with van der Waals surface area (Å²) in [6.07, 6.45) is 4.69. The second-order valence-corrected chi connectivity index (χ2v) is 8.49. The fourth-order valence-corrected chi connectivity index (χ4v) is 4.34. The topological polar surface area (TPSA) is 69.2 Å². The Morgan fingerprint density at radius 3 is 2.47 bits per heavy atom. The molecule has 0 bridgehead atoms. The van der Waals surface area contributed by atoms with Crippen LogP contribution in [0.15, 0.2) is 29.3 Å². The molecule has 0 atom stereocenters. The zero-order valence-electron chi connectivity index (χ0n) is 19.6. The van der Waals surface area contributed by atoms with Gasteiger partial charge in [0.1, 0.15) is 0 Å². The van der Waals surface area contributed by atoms with Crippen LogP contribution in [0.3, 0.4) is 0 Å². The molecule has 0 radical (unpaired) electrons. The Labute approximate surface area is 210 Å². The van der Waals surface area contributed by atoms with Crippen LogP contribution >= 0.6 is 24.0 Å². The fraction of sp³-hybridized carbons (Fsp3) is 0.667. The Bertz CT molecular complexity index is 697. The van der Waals surface area contributed by atoms with E-state index < -0.39 is 0 Å². The number of hydrogen-bond acceptors (Lipinski definition) is 4. The van der Waals surface area contributed by atoms with E-state index in [1.165, 1.54) is 11.1 Å². The van der Waals surface area contributed by atoms with Gasteiger partial charge in [-0.05, 0) is 43.7 Å². The van der Waals surface area contributed by atoms with Crippen LogP contribution in [0, 0.1) is 0 Å².